The van der Waals surface area contributed by atoms with Gasteiger partial charge in [-0.3, -0.25) is 9.79 Å². The lowest BCUT2D eigenvalue weighted by molar-refractivity contribution is -0.149. The molecule has 0 spiro atoms. The fourth-order valence-electron chi connectivity index (χ4n) is 3.13. The van der Waals surface area contributed by atoms with Crippen molar-refractivity contribution in [3.05, 3.63) is 29.8 Å². The SMILES string of the molecule is CCNC(=NCCc1ccc(OC)cc1)N1CCCC(C(=O)OCC)C1. The van der Waals surface area contributed by atoms with Crippen molar-refractivity contribution in [1.29, 1.82) is 0 Å². The second-order valence-electron chi connectivity index (χ2n) is 6.37. The Kier molecular flexibility index (Phi) is 8.25. The molecule has 1 aromatic rings. The van der Waals surface area contributed by atoms with Crippen LogP contribution in [0, 0.1) is 5.92 Å². The van der Waals surface area contributed by atoms with Crippen molar-refractivity contribution < 1.29 is 14.3 Å². The Balaban J connectivity index is 1.95. The molecule has 1 heterocycles. The number of guanidine groups is 1. The van der Waals surface area contributed by atoms with Gasteiger partial charge in [-0.15, -0.1) is 0 Å². The van der Waals surface area contributed by atoms with E-state index < -0.39 is 0 Å². The van der Waals surface area contributed by atoms with Crippen LogP contribution < -0.4 is 10.1 Å². The van der Waals surface area contributed by atoms with E-state index in [1.807, 2.05) is 19.1 Å². The number of nitrogens with zero attached hydrogens (tertiary/aromatic N) is 2. The predicted molar refractivity (Wildman–Crippen MR) is 104 cm³/mol. The summed E-state index contributed by atoms with van der Waals surface area (Å²) in [7, 11) is 1.67. The zero-order valence-corrected chi connectivity index (χ0v) is 16.2. The molecule has 144 valence electrons. The van der Waals surface area contributed by atoms with Crippen molar-refractivity contribution in [3.63, 3.8) is 0 Å². The van der Waals surface area contributed by atoms with Crippen molar-refractivity contribution in [3.8, 4) is 5.75 Å². The summed E-state index contributed by atoms with van der Waals surface area (Å²) in [5.74, 6) is 1.60. The molecule has 0 amide bonds. The maximum atomic E-state index is 12.1. The molecule has 1 aromatic carbocycles. The van der Waals surface area contributed by atoms with E-state index in [9.17, 15) is 4.79 Å². The van der Waals surface area contributed by atoms with E-state index in [4.69, 9.17) is 14.5 Å². The number of nitrogens with one attached hydrogen (secondary N) is 1. The summed E-state index contributed by atoms with van der Waals surface area (Å²) in [6, 6.07) is 8.08. The van der Waals surface area contributed by atoms with Crippen molar-refractivity contribution in [2.24, 2.45) is 10.9 Å². The lowest BCUT2D eigenvalue weighted by Gasteiger charge is -2.34. The van der Waals surface area contributed by atoms with Crippen LogP contribution in [0.2, 0.25) is 0 Å². The van der Waals surface area contributed by atoms with Crippen molar-refractivity contribution in [2.45, 2.75) is 33.1 Å². The van der Waals surface area contributed by atoms with Gasteiger partial charge in [-0.05, 0) is 50.8 Å². The number of piperidine rings is 1. The molecular weight excluding hydrogens is 330 g/mol. The minimum absolute atomic E-state index is 0.0610. The van der Waals surface area contributed by atoms with Gasteiger partial charge in [0.1, 0.15) is 5.75 Å². The van der Waals surface area contributed by atoms with Crippen LogP contribution in [0.15, 0.2) is 29.3 Å². The van der Waals surface area contributed by atoms with E-state index in [0.717, 1.165) is 44.1 Å². The average Bonchev–Trinajstić information content (AvgIpc) is 2.68. The number of aliphatic imine (C=N–C) groups is 1. The van der Waals surface area contributed by atoms with E-state index in [1.165, 1.54) is 5.56 Å². The third-order valence-corrected chi connectivity index (χ3v) is 4.50. The topological polar surface area (TPSA) is 63.2 Å². The van der Waals surface area contributed by atoms with Gasteiger partial charge < -0.3 is 19.7 Å². The number of hydrogen-bond acceptors (Lipinski definition) is 4. The molecule has 1 unspecified atom stereocenters. The number of carbonyl (C=O) groups excluding carboxylic acids is 1. The van der Waals surface area contributed by atoms with Gasteiger partial charge >= 0.3 is 5.97 Å². The van der Waals surface area contributed by atoms with E-state index in [-0.39, 0.29) is 11.9 Å². The Morgan fingerprint density at radius 2 is 2.08 bits per heavy atom. The molecule has 0 saturated carbocycles. The van der Waals surface area contributed by atoms with Crippen molar-refractivity contribution in [2.75, 3.05) is 39.9 Å². The van der Waals surface area contributed by atoms with Crippen LogP contribution in [0.4, 0.5) is 0 Å². The lowest BCUT2D eigenvalue weighted by atomic mass is 9.98. The predicted octanol–water partition coefficient (Wildman–Crippen LogP) is 2.48. The van der Waals surface area contributed by atoms with Crippen molar-refractivity contribution >= 4 is 11.9 Å². The average molecular weight is 361 g/mol. The third-order valence-electron chi connectivity index (χ3n) is 4.50. The van der Waals surface area contributed by atoms with Gasteiger partial charge in [0.15, 0.2) is 5.96 Å². The molecule has 6 nitrogen and oxygen atoms in total. The molecule has 1 saturated heterocycles. The summed E-state index contributed by atoms with van der Waals surface area (Å²) >= 11 is 0. The molecule has 0 bridgehead atoms. The number of rotatable bonds is 7. The maximum Gasteiger partial charge on any atom is 0.310 e. The molecule has 0 aliphatic carbocycles. The zero-order chi connectivity index (χ0) is 18.8. The molecule has 6 heteroatoms. The van der Waals surface area contributed by atoms with Crippen LogP contribution >= 0.6 is 0 Å². The van der Waals surface area contributed by atoms with Gasteiger partial charge in [-0.25, -0.2) is 0 Å². The number of esters is 1. The summed E-state index contributed by atoms with van der Waals surface area (Å²) in [6.07, 6.45) is 2.74. The quantitative estimate of drug-likeness (QED) is 0.459. The molecule has 1 N–H and O–H groups in total. The number of hydrogen-bond donors (Lipinski definition) is 1. The Morgan fingerprint density at radius 1 is 1.31 bits per heavy atom. The molecular formula is C20H31N3O3. The minimum Gasteiger partial charge on any atom is -0.497 e. The Morgan fingerprint density at radius 3 is 2.73 bits per heavy atom. The van der Waals surface area contributed by atoms with Gasteiger partial charge in [-0.2, -0.15) is 0 Å². The van der Waals surface area contributed by atoms with E-state index in [0.29, 0.717) is 19.7 Å². The highest BCUT2D eigenvalue weighted by Gasteiger charge is 2.28. The molecule has 0 aromatic heterocycles. The number of benzene rings is 1. The highest BCUT2D eigenvalue weighted by molar-refractivity contribution is 5.81. The highest BCUT2D eigenvalue weighted by atomic mass is 16.5. The zero-order valence-electron chi connectivity index (χ0n) is 16.2. The van der Waals surface area contributed by atoms with Crippen molar-refractivity contribution in [1.82, 2.24) is 10.2 Å². The Bertz CT molecular complexity index is 586. The number of methoxy groups -OCH3 is 1. The summed E-state index contributed by atoms with van der Waals surface area (Å²) in [4.78, 5) is 19.0. The van der Waals surface area contributed by atoms with Crippen LogP contribution in [0.3, 0.4) is 0 Å². The number of carbonyl (C=O) groups is 1. The van der Waals surface area contributed by atoms with E-state index in [2.05, 4.69) is 29.3 Å². The highest BCUT2D eigenvalue weighted by Crippen LogP contribution is 2.18. The molecule has 1 atom stereocenters. The fraction of sp³-hybridized carbons (Fsp3) is 0.600. The summed E-state index contributed by atoms with van der Waals surface area (Å²) in [6.45, 7) is 7.45. The molecule has 2 rings (SSSR count). The van der Waals surface area contributed by atoms with Gasteiger partial charge in [0, 0.05) is 26.2 Å². The summed E-state index contributed by atoms with van der Waals surface area (Å²) in [5, 5.41) is 3.35. The summed E-state index contributed by atoms with van der Waals surface area (Å²) < 4.78 is 10.4. The van der Waals surface area contributed by atoms with Crippen LogP contribution in [-0.4, -0.2) is 56.7 Å². The first-order valence-corrected chi connectivity index (χ1v) is 9.50. The lowest BCUT2D eigenvalue weighted by Crippen LogP contribution is -2.48. The molecule has 1 fully saturated rings. The monoisotopic (exact) mass is 361 g/mol. The van der Waals surface area contributed by atoms with Gasteiger partial charge in [0.2, 0.25) is 0 Å². The molecule has 26 heavy (non-hydrogen) atoms. The maximum absolute atomic E-state index is 12.1. The smallest absolute Gasteiger partial charge is 0.310 e. The largest absolute Gasteiger partial charge is 0.497 e. The Hall–Kier alpha value is -2.24. The van der Waals surface area contributed by atoms with Crippen LogP contribution in [0.5, 0.6) is 5.75 Å². The first kappa shape index (κ1) is 20.1. The van der Waals surface area contributed by atoms with Crippen LogP contribution in [0.1, 0.15) is 32.3 Å². The van der Waals surface area contributed by atoms with Gasteiger partial charge in [-0.1, -0.05) is 12.1 Å². The number of likely N-dealkylation sites (tertiary alicyclic amines) is 1. The van der Waals surface area contributed by atoms with Gasteiger partial charge in [0.05, 0.1) is 19.6 Å². The molecule has 1 aliphatic heterocycles. The fourth-order valence-corrected chi connectivity index (χ4v) is 3.13. The number of ether oxygens (including phenoxy) is 2. The van der Waals surface area contributed by atoms with Gasteiger partial charge in [0.25, 0.3) is 0 Å². The molecule has 1 aliphatic rings. The second kappa shape index (κ2) is 10.7. The van der Waals surface area contributed by atoms with Crippen LogP contribution in [0.25, 0.3) is 0 Å². The standard InChI is InChI=1S/C20H31N3O3/c1-4-21-20(22-13-12-16-8-10-18(25-3)11-9-16)23-14-6-7-17(15-23)19(24)26-5-2/h8-11,17H,4-7,12-15H2,1-3H3,(H,21,22). The minimum atomic E-state index is -0.0914. The third kappa shape index (κ3) is 5.93. The first-order chi connectivity index (χ1) is 12.7. The normalized spacial score (nSPS) is 17.7. The van der Waals surface area contributed by atoms with E-state index in [1.54, 1.807) is 7.11 Å². The molecule has 0 radical (unpaired) electrons. The van der Waals surface area contributed by atoms with Crippen LogP contribution in [-0.2, 0) is 16.0 Å². The Labute approximate surface area is 156 Å². The summed E-state index contributed by atoms with van der Waals surface area (Å²) in [5.41, 5.74) is 1.23. The first-order valence-electron chi connectivity index (χ1n) is 9.50. The second-order valence-corrected chi connectivity index (χ2v) is 6.37. The van der Waals surface area contributed by atoms with E-state index >= 15 is 0 Å².